The lowest BCUT2D eigenvalue weighted by Crippen LogP contribution is -2.24. The number of allylic oxidation sites excluding steroid dienone is 5. The first-order valence-corrected chi connectivity index (χ1v) is 15.3. The molecule has 198 valence electrons. The molecule has 0 spiro atoms. The minimum absolute atomic E-state index is 0.0676. The lowest BCUT2D eigenvalue weighted by Gasteiger charge is -2.27. The van der Waals surface area contributed by atoms with Crippen molar-refractivity contribution < 1.29 is 4.74 Å². The van der Waals surface area contributed by atoms with Gasteiger partial charge in [0.2, 0.25) is 0 Å². The number of benzene rings is 4. The fourth-order valence-corrected chi connectivity index (χ4v) is 8.14. The van der Waals surface area contributed by atoms with Crippen molar-refractivity contribution in [2.24, 2.45) is 5.73 Å². The van der Waals surface area contributed by atoms with Crippen molar-refractivity contribution in [2.45, 2.75) is 31.7 Å². The second kappa shape index (κ2) is 8.81. The van der Waals surface area contributed by atoms with Gasteiger partial charge in [-0.25, -0.2) is 0 Å². The standard InChI is InChI=1S/C37H28N2OS/c38-25-14-17-33-24(21-25)20-23-19-22(13-16-32(23)40-33)26-7-1-4-10-30(26)39-31-11-5-2-8-27(31)28-15-18-35-36(37(28)39)29-9-3-6-12-34(29)41-35/h2-3,5-19,25H,1,4,20-21,38H2. The lowest BCUT2D eigenvalue weighted by atomic mass is 9.89. The zero-order valence-electron chi connectivity index (χ0n) is 22.6. The molecule has 2 aromatic heterocycles. The van der Waals surface area contributed by atoms with E-state index >= 15 is 0 Å². The smallest absolute Gasteiger partial charge is 0.130 e. The predicted octanol–water partition coefficient (Wildman–Crippen LogP) is 9.36. The van der Waals surface area contributed by atoms with Gasteiger partial charge in [-0.05, 0) is 72.4 Å². The van der Waals surface area contributed by atoms with Crippen LogP contribution in [0.25, 0.3) is 53.2 Å². The molecule has 2 aliphatic carbocycles. The molecule has 3 aliphatic rings. The molecule has 0 saturated heterocycles. The molecular formula is C37H28N2OS. The first-order valence-electron chi connectivity index (χ1n) is 14.4. The molecule has 1 atom stereocenters. The molecule has 0 radical (unpaired) electrons. The summed E-state index contributed by atoms with van der Waals surface area (Å²) in [7, 11) is 0. The normalized spacial score (nSPS) is 18.5. The minimum atomic E-state index is 0.0676. The van der Waals surface area contributed by atoms with Gasteiger partial charge in [-0.1, -0.05) is 66.8 Å². The maximum Gasteiger partial charge on any atom is 0.130 e. The molecule has 9 rings (SSSR count). The van der Waals surface area contributed by atoms with Crippen molar-refractivity contribution in [1.82, 2.24) is 4.57 Å². The van der Waals surface area contributed by atoms with Crippen molar-refractivity contribution in [3.8, 4) is 5.75 Å². The Morgan fingerprint density at radius 2 is 1.68 bits per heavy atom. The molecule has 4 aromatic carbocycles. The number of hydrogen-bond acceptors (Lipinski definition) is 3. The van der Waals surface area contributed by atoms with Gasteiger partial charge in [0.1, 0.15) is 11.5 Å². The van der Waals surface area contributed by atoms with Crippen LogP contribution in [-0.4, -0.2) is 10.6 Å². The number of nitrogens with two attached hydrogens (primary N) is 1. The first-order chi connectivity index (χ1) is 20.2. The largest absolute Gasteiger partial charge is 0.457 e. The second-order valence-electron chi connectivity index (χ2n) is 11.4. The quantitative estimate of drug-likeness (QED) is 0.234. The molecule has 3 heterocycles. The Labute approximate surface area is 242 Å². The van der Waals surface area contributed by atoms with E-state index in [1.807, 2.05) is 23.5 Å². The van der Waals surface area contributed by atoms with Crippen LogP contribution in [-0.2, 0) is 6.42 Å². The van der Waals surface area contributed by atoms with E-state index in [-0.39, 0.29) is 6.04 Å². The third-order valence-corrected chi connectivity index (χ3v) is 10.0. The van der Waals surface area contributed by atoms with Crippen LogP contribution in [0.4, 0.5) is 0 Å². The van der Waals surface area contributed by atoms with Crippen molar-refractivity contribution in [2.75, 3.05) is 0 Å². The van der Waals surface area contributed by atoms with Gasteiger partial charge in [0.05, 0.1) is 11.0 Å². The lowest BCUT2D eigenvalue weighted by molar-refractivity contribution is 0.410. The highest BCUT2D eigenvalue weighted by Crippen LogP contribution is 2.46. The third-order valence-electron chi connectivity index (χ3n) is 8.87. The molecule has 2 N–H and O–H groups in total. The van der Waals surface area contributed by atoms with Gasteiger partial charge in [-0.3, -0.25) is 0 Å². The number of rotatable bonds is 2. The summed E-state index contributed by atoms with van der Waals surface area (Å²) in [5.74, 6) is 1.93. The third kappa shape index (κ3) is 3.48. The van der Waals surface area contributed by atoms with E-state index < -0.39 is 0 Å². The van der Waals surface area contributed by atoms with Crippen molar-refractivity contribution in [3.63, 3.8) is 0 Å². The fraction of sp³-hybridized carbons (Fsp3) is 0.135. The summed E-state index contributed by atoms with van der Waals surface area (Å²) in [4.78, 5) is 0. The number of ether oxygens (including phenoxy) is 1. The van der Waals surface area contributed by atoms with Crippen LogP contribution in [0.5, 0.6) is 5.75 Å². The molecule has 1 unspecified atom stereocenters. The van der Waals surface area contributed by atoms with E-state index in [1.165, 1.54) is 69.9 Å². The number of thiophene rings is 1. The average Bonchev–Trinajstić information content (AvgIpc) is 3.55. The number of nitrogens with zero attached hydrogens (tertiary/aromatic N) is 1. The zero-order chi connectivity index (χ0) is 27.1. The highest BCUT2D eigenvalue weighted by molar-refractivity contribution is 7.26. The monoisotopic (exact) mass is 548 g/mol. The van der Waals surface area contributed by atoms with Crippen LogP contribution in [0.2, 0.25) is 0 Å². The number of aromatic nitrogens is 1. The van der Waals surface area contributed by atoms with Crippen molar-refractivity contribution in [1.29, 1.82) is 0 Å². The number of para-hydroxylation sites is 1. The maximum absolute atomic E-state index is 6.32. The van der Waals surface area contributed by atoms with E-state index in [2.05, 4.69) is 95.6 Å². The highest BCUT2D eigenvalue weighted by Gasteiger charge is 2.25. The molecule has 0 amide bonds. The van der Waals surface area contributed by atoms with Gasteiger partial charge in [0, 0.05) is 54.7 Å². The summed E-state index contributed by atoms with van der Waals surface area (Å²) >= 11 is 1.88. The molecule has 0 fully saturated rings. The highest BCUT2D eigenvalue weighted by atomic mass is 32.1. The molecule has 4 heteroatoms. The van der Waals surface area contributed by atoms with E-state index in [9.17, 15) is 0 Å². The Hall–Kier alpha value is -4.38. The van der Waals surface area contributed by atoms with Gasteiger partial charge < -0.3 is 15.0 Å². The van der Waals surface area contributed by atoms with Crippen LogP contribution in [0.3, 0.4) is 0 Å². The van der Waals surface area contributed by atoms with Crippen LogP contribution >= 0.6 is 11.3 Å². The van der Waals surface area contributed by atoms with E-state index in [1.54, 1.807) is 0 Å². The molecule has 3 nitrogen and oxygen atoms in total. The average molecular weight is 549 g/mol. The minimum Gasteiger partial charge on any atom is -0.457 e. The van der Waals surface area contributed by atoms with Crippen LogP contribution in [0.1, 0.15) is 30.4 Å². The van der Waals surface area contributed by atoms with Gasteiger partial charge >= 0.3 is 0 Å². The Kier molecular flexibility index (Phi) is 5.01. The van der Waals surface area contributed by atoms with Crippen LogP contribution in [0, 0.1) is 0 Å². The van der Waals surface area contributed by atoms with Gasteiger partial charge in [-0.2, -0.15) is 0 Å². The zero-order valence-corrected chi connectivity index (χ0v) is 23.4. The summed E-state index contributed by atoms with van der Waals surface area (Å²) in [6.45, 7) is 0. The van der Waals surface area contributed by atoms with Gasteiger partial charge in [0.25, 0.3) is 0 Å². The van der Waals surface area contributed by atoms with Gasteiger partial charge in [-0.15, -0.1) is 11.3 Å². The molecular weight excluding hydrogens is 520 g/mol. The summed E-state index contributed by atoms with van der Waals surface area (Å²) in [6.07, 6.45) is 12.8. The summed E-state index contributed by atoms with van der Waals surface area (Å²) in [5, 5.41) is 5.29. The Bertz CT molecular complexity index is 2200. The molecule has 41 heavy (non-hydrogen) atoms. The predicted molar refractivity (Wildman–Crippen MR) is 173 cm³/mol. The second-order valence-corrected chi connectivity index (χ2v) is 12.5. The number of hydrogen-bond donors (Lipinski definition) is 1. The van der Waals surface area contributed by atoms with Crippen molar-refractivity contribution >= 4 is 64.6 Å². The van der Waals surface area contributed by atoms with E-state index in [0.717, 1.165) is 37.2 Å². The Morgan fingerprint density at radius 1 is 0.829 bits per heavy atom. The summed E-state index contributed by atoms with van der Waals surface area (Å²) in [5.41, 5.74) is 15.1. The van der Waals surface area contributed by atoms with Crippen LogP contribution < -0.4 is 10.5 Å². The number of fused-ring (bicyclic) bond motifs is 8. The molecule has 0 bridgehead atoms. The molecule has 1 aliphatic heterocycles. The van der Waals surface area contributed by atoms with E-state index in [0.29, 0.717) is 0 Å². The van der Waals surface area contributed by atoms with Crippen LogP contribution in [0.15, 0.2) is 114 Å². The molecule has 0 saturated carbocycles. The molecule has 6 aromatic rings. The Morgan fingerprint density at radius 3 is 2.63 bits per heavy atom. The Balaban J connectivity index is 1.26. The van der Waals surface area contributed by atoms with Gasteiger partial charge in [0.15, 0.2) is 0 Å². The maximum atomic E-state index is 6.32. The summed E-state index contributed by atoms with van der Waals surface area (Å²) < 4.78 is 11.5. The SMILES string of the molecule is NC1C=CC2=C(Cc3cc(C4=CCCC=C4n4c5ccccc5c5ccc6sc7ccccc7c6c54)ccc3O2)C1. The summed E-state index contributed by atoms with van der Waals surface area (Å²) in [6, 6.07) is 29.1. The first kappa shape index (κ1) is 23.3. The van der Waals surface area contributed by atoms with Crippen molar-refractivity contribution in [3.05, 3.63) is 126 Å². The van der Waals surface area contributed by atoms with E-state index in [4.69, 9.17) is 10.5 Å². The topological polar surface area (TPSA) is 40.2 Å². The fourth-order valence-electron chi connectivity index (χ4n) is 7.04.